The molecule has 4 rings (SSSR count). The normalized spacial score (nSPS) is 21.6. The minimum absolute atomic E-state index is 0.0610. The fourth-order valence-corrected chi connectivity index (χ4v) is 5.19. The minimum Gasteiger partial charge on any atom is -0.310 e. The molecule has 1 aromatic heterocycles. The molecule has 0 spiro atoms. The van der Waals surface area contributed by atoms with Gasteiger partial charge in [0.1, 0.15) is 5.82 Å². The molecular formula is C19H22ClN3O2S. The van der Waals surface area contributed by atoms with Crippen LogP contribution in [0.25, 0.3) is 0 Å². The number of hydrogen-bond donors (Lipinski definition) is 2. The Kier molecular flexibility index (Phi) is 5.14. The zero-order chi connectivity index (χ0) is 18.1. The molecule has 1 aliphatic heterocycles. The molecule has 0 bridgehead atoms. The summed E-state index contributed by atoms with van der Waals surface area (Å²) in [6.07, 6.45) is 6.85. The van der Waals surface area contributed by atoms with Crippen molar-refractivity contribution in [3.05, 3.63) is 50.8 Å². The number of halogens is 1. The number of benzene rings is 1. The van der Waals surface area contributed by atoms with E-state index in [9.17, 15) is 9.59 Å². The molecule has 0 saturated heterocycles. The number of amides is 1. The summed E-state index contributed by atoms with van der Waals surface area (Å²) in [7, 11) is 0. The predicted octanol–water partition coefficient (Wildman–Crippen LogP) is 4.50. The third-order valence-electron chi connectivity index (χ3n) is 5.23. The van der Waals surface area contributed by atoms with E-state index in [1.165, 1.54) is 24.6 Å². The molecule has 1 saturated carbocycles. The summed E-state index contributed by atoms with van der Waals surface area (Å²) in [5.41, 5.74) is 1.52. The average Bonchev–Trinajstić information content (AvgIpc) is 2.83. The number of anilines is 1. The van der Waals surface area contributed by atoms with Gasteiger partial charge >= 0.3 is 0 Å². The average molecular weight is 392 g/mol. The molecule has 1 atom stereocenters. The van der Waals surface area contributed by atoms with Gasteiger partial charge in [-0.1, -0.05) is 49.4 Å². The Bertz CT molecular complexity index is 851. The second-order valence-electron chi connectivity index (χ2n) is 7.01. The number of aromatic nitrogens is 2. The molecule has 26 heavy (non-hydrogen) atoms. The zero-order valence-corrected chi connectivity index (χ0v) is 16.0. The maximum Gasteiger partial charge on any atom is 0.270 e. The number of carbonyl (C=O) groups is 1. The van der Waals surface area contributed by atoms with Crippen LogP contribution in [0.4, 0.5) is 5.82 Å². The van der Waals surface area contributed by atoms with E-state index in [4.69, 9.17) is 11.6 Å². The van der Waals surface area contributed by atoms with E-state index >= 15 is 0 Å². The third-order valence-corrected chi connectivity index (χ3v) is 6.75. The molecule has 2 N–H and O–H groups in total. The van der Waals surface area contributed by atoms with Gasteiger partial charge in [0.15, 0.2) is 0 Å². The smallest absolute Gasteiger partial charge is 0.270 e. The maximum absolute atomic E-state index is 12.9. The van der Waals surface area contributed by atoms with Crippen molar-refractivity contribution in [3.63, 3.8) is 0 Å². The number of nitrogens with one attached hydrogen (secondary N) is 2. The molecular weight excluding hydrogens is 370 g/mol. The standard InChI is InChI=1S/C19H22ClN3O2S/c20-13-9-7-12(8-10-13)17-16-18(21-15(24)11-26-17)23(22-19(16)25)14-5-3-1-2-4-6-14/h7-10,14,17H,1-6,11H2,(H,21,24)(H,22,25). The number of nitrogens with zero attached hydrogens (tertiary/aromatic N) is 1. The number of rotatable bonds is 2. The number of thioether (sulfide) groups is 1. The van der Waals surface area contributed by atoms with Crippen molar-refractivity contribution < 1.29 is 4.79 Å². The Labute approximate surface area is 161 Å². The first-order valence-corrected chi connectivity index (χ1v) is 10.6. The van der Waals surface area contributed by atoms with E-state index < -0.39 is 0 Å². The zero-order valence-electron chi connectivity index (χ0n) is 14.5. The molecule has 1 fully saturated rings. The van der Waals surface area contributed by atoms with Gasteiger partial charge in [-0.25, -0.2) is 0 Å². The van der Waals surface area contributed by atoms with Crippen molar-refractivity contribution in [2.75, 3.05) is 11.1 Å². The number of aromatic amines is 1. The fraction of sp³-hybridized carbons (Fsp3) is 0.474. The number of fused-ring (bicyclic) bond motifs is 1. The molecule has 5 nitrogen and oxygen atoms in total. The SMILES string of the molecule is O=C1CSC(c2ccc(Cl)cc2)c2c(n(C3CCCCCC3)[nH]c2=O)N1. The number of hydrogen-bond acceptors (Lipinski definition) is 3. The van der Waals surface area contributed by atoms with E-state index in [1.54, 1.807) is 0 Å². The first-order valence-electron chi connectivity index (χ1n) is 9.15. The van der Waals surface area contributed by atoms with Gasteiger partial charge in [0.05, 0.1) is 22.6 Å². The molecule has 1 aromatic carbocycles. The van der Waals surface area contributed by atoms with E-state index in [-0.39, 0.29) is 22.8 Å². The van der Waals surface area contributed by atoms with Gasteiger partial charge in [-0.15, -0.1) is 11.8 Å². The van der Waals surface area contributed by atoms with Gasteiger partial charge in [-0.05, 0) is 30.5 Å². The summed E-state index contributed by atoms with van der Waals surface area (Å²) >= 11 is 7.50. The van der Waals surface area contributed by atoms with E-state index in [2.05, 4.69) is 10.4 Å². The molecule has 1 unspecified atom stereocenters. The minimum atomic E-state index is -0.183. The van der Waals surface area contributed by atoms with Crippen molar-refractivity contribution in [2.45, 2.75) is 49.8 Å². The van der Waals surface area contributed by atoms with Gasteiger partial charge < -0.3 is 5.32 Å². The lowest BCUT2D eigenvalue weighted by Crippen LogP contribution is -2.19. The molecule has 138 valence electrons. The summed E-state index contributed by atoms with van der Waals surface area (Å²) in [4.78, 5) is 25.2. The maximum atomic E-state index is 12.9. The molecule has 2 aliphatic rings. The Balaban J connectivity index is 1.79. The Morgan fingerprint density at radius 2 is 1.73 bits per heavy atom. The highest BCUT2D eigenvalue weighted by Crippen LogP contribution is 2.41. The van der Waals surface area contributed by atoms with Gasteiger partial charge in [-0.2, -0.15) is 0 Å². The lowest BCUT2D eigenvalue weighted by atomic mass is 10.1. The predicted molar refractivity (Wildman–Crippen MR) is 106 cm³/mol. The van der Waals surface area contributed by atoms with Gasteiger partial charge in [0, 0.05) is 5.02 Å². The van der Waals surface area contributed by atoms with Crippen molar-refractivity contribution in [1.29, 1.82) is 0 Å². The van der Waals surface area contributed by atoms with E-state index in [1.807, 2.05) is 28.9 Å². The molecule has 2 aromatic rings. The summed E-state index contributed by atoms with van der Waals surface area (Å²) in [6, 6.07) is 7.76. The van der Waals surface area contributed by atoms with Crippen LogP contribution in [0.5, 0.6) is 0 Å². The quantitative estimate of drug-likeness (QED) is 0.740. The first-order chi connectivity index (χ1) is 12.6. The topological polar surface area (TPSA) is 66.9 Å². The second-order valence-corrected chi connectivity index (χ2v) is 8.54. The summed E-state index contributed by atoms with van der Waals surface area (Å²) in [5, 5.41) is 6.48. The Hall–Kier alpha value is -1.66. The Morgan fingerprint density at radius 3 is 2.42 bits per heavy atom. The van der Waals surface area contributed by atoms with Crippen LogP contribution in [0, 0.1) is 0 Å². The molecule has 7 heteroatoms. The molecule has 1 aliphatic carbocycles. The highest BCUT2D eigenvalue weighted by Gasteiger charge is 2.32. The molecule has 2 heterocycles. The van der Waals surface area contributed by atoms with Crippen molar-refractivity contribution in [1.82, 2.24) is 9.78 Å². The summed E-state index contributed by atoms with van der Waals surface area (Å²) in [6.45, 7) is 0. The van der Waals surface area contributed by atoms with Crippen LogP contribution in [0.1, 0.15) is 60.9 Å². The lowest BCUT2D eigenvalue weighted by molar-refractivity contribution is -0.113. The highest BCUT2D eigenvalue weighted by atomic mass is 35.5. The van der Waals surface area contributed by atoms with Crippen LogP contribution in [0.2, 0.25) is 5.02 Å². The third kappa shape index (κ3) is 3.45. The van der Waals surface area contributed by atoms with Crippen LogP contribution in [0.15, 0.2) is 29.1 Å². The number of carbonyl (C=O) groups excluding carboxylic acids is 1. The lowest BCUT2D eigenvalue weighted by Gasteiger charge is -2.19. The highest BCUT2D eigenvalue weighted by molar-refractivity contribution is 8.00. The van der Waals surface area contributed by atoms with Crippen LogP contribution in [-0.2, 0) is 4.79 Å². The van der Waals surface area contributed by atoms with E-state index in [0.29, 0.717) is 22.2 Å². The van der Waals surface area contributed by atoms with Crippen LogP contribution in [0.3, 0.4) is 0 Å². The second kappa shape index (κ2) is 7.53. The van der Waals surface area contributed by atoms with Crippen LogP contribution in [-0.4, -0.2) is 21.4 Å². The monoisotopic (exact) mass is 391 g/mol. The molecule has 0 radical (unpaired) electrons. The van der Waals surface area contributed by atoms with Gasteiger partial charge in [0.25, 0.3) is 5.56 Å². The van der Waals surface area contributed by atoms with Crippen molar-refractivity contribution in [2.24, 2.45) is 0 Å². The largest absolute Gasteiger partial charge is 0.310 e. The van der Waals surface area contributed by atoms with E-state index in [0.717, 1.165) is 31.2 Å². The van der Waals surface area contributed by atoms with Crippen molar-refractivity contribution in [3.8, 4) is 0 Å². The van der Waals surface area contributed by atoms with Crippen LogP contribution < -0.4 is 10.9 Å². The van der Waals surface area contributed by atoms with Gasteiger partial charge in [0.2, 0.25) is 5.91 Å². The van der Waals surface area contributed by atoms with Gasteiger partial charge in [-0.3, -0.25) is 19.4 Å². The molecule has 1 amide bonds. The van der Waals surface area contributed by atoms with Crippen molar-refractivity contribution >= 4 is 35.1 Å². The number of H-pyrrole nitrogens is 1. The Morgan fingerprint density at radius 1 is 1.04 bits per heavy atom. The summed E-state index contributed by atoms with van der Waals surface area (Å²) < 4.78 is 1.93. The summed E-state index contributed by atoms with van der Waals surface area (Å²) in [5.74, 6) is 0.914. The fourth-order valence-electron chi connectivity index (χ4n) is 3.93. The van der Waals surface area contributed by atoms with Crippen LogP contribution >= 0.6 is 23.4 Å². The first kappa shape index (κ1) is 17.7.